The van der Waals surface area contributed by atoms with E-state index in [1.165, 1.54) is 25.4 Å². The maximum absolute atomic E-state index is 12.2. The van der Waals surface area contributed by atoms with Crippen molar-refractivity contribution in [2.75, 3.05) is 14.2 Å². The van der Waals surface area contributed by atoms with Gasteiger partial charge in [0.25, 0.3) is 0 Å². The minimum absolute atomic E-state index is 0.224. The fourth-order valence-electron chi connectivity index (χ4n) is 3.33. The Morgan fingerprint density at radius 3 is 2.61 bits per heavy atom. The van der Waals surface area contributed by atoms with E-state index in [0.29, 0.717) is 12.0 Å². The van der Waals surface area contributed by atoms with Crippen LogP contribution in [0.25, 0.3) is 0 Å². The summed E-state index contributed by atoms with van der Waals surface area (Å²) in [6, 6.07) is 0. The van der Waals surface area contributed by atoms with E-state index in [1.54, 1.807) is 6.08 Å². The van der Waals surface area contributed by atoms with Crippen LogP contribution in [0.4, 0.5) is 0 Å². The zero-order valence-corrected chi connectivity index (χ0v) is 13.4. The maximum Gasteiger partial charge on any atom is 0.338 e. The molecule has 1 saturated carbocycles. The molecule has 0 amide bonds. The summed E-state index contributed by atoms with van der Waals surface area (Å²) in [4.78, 5) is 24.4. The topological polar surface area (TPSA) is 61.8 Å². The van der Waals surface area contributed by atoms with Crippen LogP contribution in [0.5, 0.6) is 0 Å². The number of ether oxygens (including phenoxy) is 3. The van der Waals surface area contributed by atoms with Crippen LogP contribution in [-0.4, -0.2) is 32.3 Å². The van der Waals surface area contributed by atoms with E-state index in [1.807, 2.05) is 12.2 Å². The van der Waals surface area contributed by atoms with Crippen LogP contribution in [0.3, 0.4) is 0 Å². The van der Waals surface area contributed by atoms with E-state index in [0.717, 1.165) is 31.4 Å². The van der Waals surface area contributed by atoms with Crippen molar-refractivity contribution in [3.63, 3.8) is 0 Å². The molecule has 0 aromatic rings. The van der Waals surface area contributed by atoms with Gasteiger partial charge in [-0.25, -0.2) is 9.59 Å². The van der Waals surface area contributed by atoms with Crippen LogP contribution in [-0.2, 0) is 23.8 Å². The number of allylic oxidation sites excluding steroid dienone is 4. The number of carbonyl (C=O) groups is 2. The number of rotatable bonds is 2. The van der Waals surface area contributed by atoms with Gasteiger partial charge in [-0.3, -0.25) is 0 Å². The molecule has 0 unspecified atom stereocenters. The van der Waals surface area contributed by atoms with E-state index < -0.39 is 18.0 Å². The van der Waals surface area contributed by atoms with Crippen molar-refractivity contribution in [1.29, 1.82) is 0 Å². The van der Waals surface area contributed by atoms with Gasteiger partial charge in [0.15, 0.2) is 0 Å². The highest BCUT2D eigenvalue weighted by atomic mass is 16.5. The summed E-state index contributed by atoms with van der Waals surface area (Å²) < 4.78 is 15.7. The minimum atomic E-state index is -0.603. The zero-order chi connectivity index (χ0) is 16.4. The molecule has 122 valence electrons. The van der Waals surface area contributed by atoms with Gasteiger partial charge in [-0.1, -0.05) is 6.08 Å². The number of fused-ring (bicyclic) bond motifs is 3. The Morgan fingerprint density at radius 1 is 1.13 bits per heavy atom. The third kappa shape index (κ3) is 2.83. The van der Waals surface area contributed by atoms with E-state index in [9.17, 15) is 9.59 Å². The predicted octanol–water partition coefficient (Wildman–Crippen LogP) is 2.74. The second kappa shape index (κ2) is 6.44. The molecular weight excluding hydrogens is 296 g/mol. The lowest BCUT2D eigenvalue weighted by molar-refractivity contribution is -0.140. The quantitative estimate of drug-likeness (QED) is 0.733. The molecule has 5 nitrogen and oxygen atoms in total. The molecule has 1 aliphatic carbocycles. The van der Waals surface area contributed by atoms with Gasteiger partial charge in [0, 0.05) is 0 Å². The van der Waals surface area contributed by atoms with Gasteiger partial charge in [-0.05, 0) is 55.4 Å². The predicted molar refractivity (Wildman–Crippen MR) is 83.3 cm³/mol. The molecule has 0 saturated heterocycles. The second-order valence-electron chi connectivity index (χ2n) is 5.76. The van der Waals surface area contributed by atoms with Crippen molar-refractivity contribution < 1.29 is 23.8 Å². The van der Waals surface area contributed by atoms with Crippen LogP contribution < -0.4 is 0 Å². The Bertz CT molecular complexity index is 663. The highest BCUT2D eigenvalue weighted by Crippen LogP contribution is 2.38. The molecule has 0 spiro atoms. The number of esters is 2. The molecule has 23 heavy (non-hydrogen) atoms. The molecule has 2 bridgehead atoms. The van der Waals surface area contributed by atoms with Crippen molar-refractivity contribution in [2.45, 2.75) is 38.2 Å². The second-order valence-corrected chi connectivity index (χ2v) is 5.76. The SMILES string of the molecule is COC(=O)/C1=C(\C(=O)OC)[C@@H]2C=C/C(=C3\CCCC\C3=C\C1)O2. The standard InChI is InChI=1S/C18H20O5/c1-21-17(19)13-8-7-11-5-3-4-6-12(11)14-9-10-15(23-14)16(13)18(20)22-2/h7,9-10,15H,3-6,8H2,1-2H3/b11-7-,14-12-,16-13-/t15-/m0/s1. The van der Waals surface area contributed by atoms with Gasteiger partial charge in [0.1, 0.15) is 11.9 Å². The monoisotopic (exact) mass is 316 g/mol. The Kier molecular flexibility index (Phi) is 4.37. The molecule has 3 rings (SSSR count). The van der Waals surface area contributed by atoms with Gasteiger partial charge in [0.05, 0.1) is 25.4 Å². The minimum Gasteiger partial charge on any atom is -0.481 e. The van der Waals surface area contributed by atoms with Gasteiger partial charge in [-0.15, -0.1) is 0 Å². The number of carbonyl (C=O) groups excluding carboxylic acids is 2. The molecule has 1 atom stereocenters. The highest BCUT2D eigenvalue weighted by Gasteiger charge is 2.34. The summed E-state index contributed by atoms with van der Waals surface area (Å²) in [5.74, 6) is -0.282. The molecule has 1 fully saturated rings. The summed E-state index contributed by atoms with van der Waals surface area (Å²) in [5, 5.41) is 0. The average molecular weight is 316 g/mol. The first-order valence-corrected chi connectivity index (χ1v) is 7.82. The molecule has 0 aromatic heterocycles. The molecule has 3 aliphatic rings. The Balaban J connectivity index is 2.13. The van der Waals surface area contributed by atoms with E-state index in [-0.39, 0.29) is 5.57 Å². The average Bonchev–Trinajstić information content (AvgIpc) is 3.08. The van der Waals surface area contributed by atoms with Crippen LogP contribution >= 0.6 is 0 Å². The largest absolute Gasteiger partial charge is 0.481 e. The fraction of sp³-hybridized carbons (Fsp3) is 0.444. The summed E-state index contributed by atoms with van der Waals surface area (Å²) in [5.41, 5.74) is 2.91. The van der Waals surface area contributed by atoms with Crippen LogP contribution in [0.1, 0.15) is 32.1 Å². The van der Waals surface area contributed by atoms with E-state index in [2.05, 4.69) is 0 Å². The van der Waals surface area contributed by atoms with Gasteiger partial charge >= 0.3 is 11.9 Å². The lowest BCUT2D eigenvalue weighted by Crippen LogP contribution is -2.23. The summed E-state index contributed by atoms with van der Waals surface area (Å²) in [7, 11) is 2.61. The van der Waals surface area contributed by atoms with Gasteiger partial charge in [-0.2, -0.15) is 0 Å². The van der Waals surface area contributed by atoms with E-state index >= 15 is 0 Å². The molecule has 2 aliphatic heterocycles. The summed E-state index contributed by atoms with van der Waals surface area (Å²) in [6.07, 6.45) is 9.62. The zero-order valence-electron chi connectivity index (χ0n) is 13.4. The molecule has 0 N–H and O–H groups in total. The first-order chi connectivity index (χ1) is 11.2. The summed E-state index contributed by atoms with van der Waals surface area (Å²) >= 11 is 0. The van der Waals surface area contributed by atoms with Crippen LogP contribution in [0.2, 0.25) is 0 Å². The van der Waals surface area contributed by atoms with Crippen molar-refractivity contribution in [2.24, 2.45) is 0 Å². The van der Waals surface area contributed by atoms with Crippen molar-refractivity contribution in [3.05, 3.63) is 46.3 Å². The third-order valence-corrected chi connectivity index (χ3v) is 4.48. The van der Waals surface area contributed by atoms with Crippen molar-refractivity contribution in [1.82, 2.24) is 0 Å². The Morgan fingerprint density at radius 2 is 1.87 bits per heavy atom. The number of methoxy groups -OCH3 is 2. The van der Waals surface area contributed by atoms with Crippen molar-refractivity contribution in [3.8, 4) is 0 Å². The first kappa shape index (κ1) is 15.6. The number of hydrogen-bond donors (Lipinski definition) is 0. The molecule has 0 radical (unpaired) electrons. The summed E-state index contributed by atoms with van der Waals surface area (Å²) in [6.45, 7) is 0. The first-order valence-electron chi connectivity index (χ1n) is 7.82. The third-order valence-electron chi connectivity index (χ3n) is 4.48. The Hall–Kier alpha value is -2.30. The molecule has 2 heterocycles. The lowest BCUT2D eigenvalue weighted by Gasteiger charge is -2.20. The number of hydrogen-bond acceptors (Lipinski definition) is 5. The molecular formula is C18H20O5. The van der Waals surface area contributed by atoms with Crippen LogP contribution in [0, 0.1) is 0 Å². The van der Waals surface area contributed by atoms with Crippen LogP contribution in [0.15, 0.2) is 46.3 Å². The normalized spacial score (nSPS) is 31.7. The van der Waals surface area contributed by atoms with E-state index in [4.69, 9.17) is 14.2 Å². The molecule has 5 heteroatoms. The van der Waals surface area contributed by atoms with Gasteiger partial charge in [0.2, 0.25) is 0 Å². The highest BCUT2D eigenvalue weighted by molar-refractivity contribution is 6.01. The lowest BCUT2D eigenvalue weighted by atomic mass is 9.87. The smallest absolute Gasteiger partial charge is 0.338 e. The van der Waals surface area contributed by atoms with Crippen molar-refractivity contribution >= 4 is 11.9 Å². The Labute approximate surface area is 135 Å². The van der Waals surface area contributed by atoms with Gasteiger partial charge < -0.3 is 14.2 Å². The molecule has 0 aromatic carbocycles. The fourth-order valence-corrected chi connectivity index (χ4v) is 3.33. The maximum atomic E-state index is 12.2.